The number of nitrogens with one attached hydrogen (secondary N) is 1. The Morgan fingerprint density at radius 1 is 1.28 bits per heavy atom. The van der Waals surface area contributed by atoms with Gasteiger partial charge in [0.2, 0.25) is 5.91 Å². The summed E-state index contributed by atoms with van der Waals surface area (Å²) < 4.78 is 3.05. The number of hydrogen-bond donors (Lipinski definition) is 1. The SMILES string of the molecule is CC(C)[C@@H](C)NC(=O)C1CCN(Cn2nc3ccccn3c2=O)CC1. The largest absolute Gasteiger partial charge is 0.353 e. The van der Waals surface area contributed by atoms with E-state index in [1.54, 1.807) is 10.6 Å². The van der Waals surface area contributed by atoms with E-state index in [-0.39, 0.29) is 23.6 Å². The Bertz CT molecular complexity index is 786. The van der Waals surface area contributed by atoms with Gasteiger partial charge in [0.1, 0.15) is 0 Å². The van der Waals surface area contributed by atoms with Gasteiger partial charge in [0.15, 0.2) is 5.65 Å². The molecule has 1 N–H and O–H groups in total. The fourth-order valence-electron chi connectivity index (χ4n) is 3.10. The summed E-state index contributed by atoms with van der Waals surface area (Å²) in [5.41, 5.74) is 0.533. The van der Waals surface area contributed by atoms with Crippen LogP contribution in [0.25, 0.3) is 5.65 Å². The number of hydrogen-bond acceptors (Lipinski definition) is 4. The molecule has 0 radical (unpaired) electrons. The molecule has 1 saturated heterocycles. The standard InChI is InChI=1S/C18H27N5O2/c1-13(2)14(3)19-17(24)15-7-10-21(11-8-15)12-23-18(25)22-9-5-4-6-16(22)20-23/h4-6,9,13-15H,7-8,10-12H2,1-3H3,(H,19,24)/t14-/m1/s1. The van der Waals surface area contributed by atoms with Crippen molar-refractivity contribution in [3.05, 3.63) is 34.9 Å². The minimum absolute atomic E-state index is 0.0650. The highest BCUT2D eigenvalue weighted by Gasteiger charge is 2.26. The molecule has 7 heteroatoms. The second-order valence-electron chi connectivity index (χ2n) is 7.29. The molecular weight excluding hydrogens is 318 g/mol. The van der Waals surface area contributed by atoms with E-state index in [0.717, 1.165) is 25.9 Å². The molecule has 0 spiro atoms. The number of nitrogens with zero attached hydrogens (tertiary/aromatic N) is 4. The lowest BCUT2D eigenvalue weighted by molar-refractivity contribution is -0.127. The fourth-order valence-corrected chi connectivity index (χ4v) is 3.10. The molecular formula is C18H27N5O2. The minimum Gasteiger partial charge on any atom is -0.353 e. The topological polar surface area (TPSA) is 71.6 Å². The van der Waals surface area contributed by atoms with E-state index < -0.39 is 0 Å². The molecule has 1 aliphatic rings. The number of aromatic nitrogens is 3. The fraction of sp³-hybridized carbons (Fsp3) is 0.611. The van der Waals surface area contributed by atoms with Gasteiger partial charge in [-0.25, -0.2) is 4.79 Å². The lowest BCUT2D eigenvalue weighted by Gasteiger charge is -2.31. The van der Waals surface area contributed by atoms with Gasteiger partial charge in [0, 0.05) is 31.2 Å². The van der Waals surface area contributed by atoms with Crippen LogP contribution in [0, 0.1) is 11.8 Å². The number of likely N-dealkylation sites (tertiary alicyclic amines) is 1. The van der Waals surface area contributed by atoms with Crippen LogP contribution < -0.4 is 11.0 Å². The molecule has 0 saturated carbocycles. The Morgan fingerprint density at radius 3 is 2.64 bits per heavy atom. The molecule has 136 valence electrons. The first-order chi connectivity index (χ1) is 12.0. The first-order valence-corrected chi connectivity index (χ1v) is 9.02. The summed E-state index contributed by atoms with van der Waals surface area (Å²) in [7, 11) is 0. The van der Waals surface area contributed by atoms with Crippen molar-refractivity contribution in [2.45, 2.75) is 46.3 Å². The summed E-state index contributed by atoms with van der Waals surface area (Å²) in [6, 6.07) is 5.71. The van der Waals surface area contributed by atoms with E-state index in [1.165, 1.54) is 4.68 Å². The molecule has 1 fully saturated rings. The van der Waals surface area contributed by atoms with Crippen LogP contribution in [0.5, 0.6) is 0 Å². The van der Waals surface area contributed by atoms with Gasteiger partial charge < -0.3 is 5.32 Å². The summed E-state index contributed by atoms with van der Waals surface area (Å²) >= 11 is 0. The first kappa shape index (κ1) is 17.7. The molecule has 3 heterocycles. The molecule has 2 aromatic heterocycles. The van der Waals surface area contributed by atoms with Gasteiger partial charge in [-0.2, -0.15) is 4.68 Å². The van der Waals surface area contributed by atoms with Crippen molar-refractivity contribution in [2.24, 2.45) is 11.8 Å². The van der Waals surface area contributed by atoms with Crippen LogP contribution in [0.2, 0.25) is 0 Å². The molecule has 7 nitrogen and oxygen atoms in total. The van der Waals surface area contributed by atoms with Gasteiger partial charge in [-0.3, -0.25) is 14.1 Å². The van der Waals surface area contributed by atoms with Crippen LogP contribution in [-0.4, -0.2) is 44.1 Å². The molecule has 0 unspecified atom stereocenters. The lowest BCUT2D eigenvalue weighted by atomic mass is 9.95. The van der Waals surface area contributed by atoms with Gasteiger partial charge in [0.05, 0.1) is 6.67 Å². The normalized spacial score (nSPS) is 17.9. The third-order valence-electron chi connectivity index (χ3n) is 5.15. The van der Waals surface area contributed by atoms with Crippen molar-refractivity contribution < 1.29 is 4.79 Å². The van der Waals surface area contributed by atoms with Crippen molar-refractivity contribution in [3.63, 3.8) is 0 Å². The zero-order valence-electron chi connectivity index (χ0n) is 15.2. The van der Waals surface area contributed by atoms with E-state index in [4.69, 9.17) is 0 Å². The van der Waals surface area contributed by atoms with Gasteiger partial charge in [-0.15, -0.1) is 5.10 Å². The Hall–Kier alpha value is -2.15. The lowest BCUT2D eigenvalue weighted by Crippen LogP contribution is -2.45. The number of rotatable bonds is 5. The van der Waals surface area contributed by atoms with E-state index in [2.05, 4.69) is 29.2 Å². The van der Waals surface area contributed by atoms with E-state index in [9.17, 15) is 9.59 Å². The van der Waals surface area contributed by atoms with Crippen LogP contribution in [0.1, 0.15) is 33.6 Å². The van der Waals surface area contributed by atoms with Gasteiger partial charge in [-0.05, 0) is 37.8 Å². The van der Waals surface area contributed by atoms with Crippen LogP contribution in [0.3, 0.4) is 0 Å². The van der Waals surface area contributed by atoms with Gasteiger partial charge in [-0.1, -0.05) is 19.9 Å². The molecule has 1 aliphatic heterocycles. The maximum Gasteiger partial charge on any atom is 0.351 e. The molecule has 0 bridgehead atoms. The monoisotopic (exact) mass is 345 g/mol. The molecule has 0 aromatic carbocycles. The molecule has 25 heavy (non-hydrogen) atoms. The van der Waals surface area contributed by atoms with Crippen molar-refractivity contribution in [2.75, 3.05) is 13.1 Å². The number of piperidine rings is 1. The highest BCUT2D eigenvalue weighted by Crippen LogP contribution is 2.18. The number of carbonyl (C=O) groups is 1. The van der Waals surface area contributed by atoms with Crippen molar-refractivity contribution in [1.29, 1.82) is 0 Å². The van der Waals surface area contributed by atoms with E-state index in [0.29, 0.717) is 18.2 Å². The second-order valence-corrected chi connectivity index (χ2v) is 7.29. The Morgan fingerprint density at radius 2 is 2.00 bits per heavy atom. The smallest absolute Gasteiger partial charge is 0.351 e. The van der Waals surface area contributed by atoms with Crippen LogP contribution in [0.4, 0.5) is 0 Å². The summed E-state index contributed by atoms with van der Waals surface area (Å²) in [6.07, 6.45) is 3.37. The maximum absolute atomic E-state index is 12.3. The van der Waals surface area contributed by atoms with Crippen molar-refractivity contribution in [1.82, 2.24) is 24.4 Å². The van der Waals surface area contributed by atoms with E-state index in [1.807, 2.05) is 25.1 Å². The minimum atomic E-state index is -0.124. The zero-order valence-corrected chi connectivity index (χ0v) is 15.2. The molecule has 1 atom stereocenters. The van der Waals surface area contributed by atoms with Crippen molar-refractivity contribution >= 4 is 11.6 Å². The third kappa shape index (κ3) is 3.92. The van der Waals surface area contributed by atoms with Gasteiger partial charge in [0.25, 0.3) is 0 Å². The van der Waals surface area contributed by atoms with Crippen LogP contribution >= 0.6 is 0 Å². The average Bonchev–Trinajstić information content (AvgIpc) is 2.91. The molecule has 1 amide bonds. The predicted molar refractivity (Wildman–Crippen MR) is 96.2 cm³/mol. The second kappa shape index (κ2) is 7.39. The number of fused-ring (bicyclic) bond motifs is 1. The highest BCUT2D eigenvalue weighted by atomic mass is 16.2. The Labute approximate surface area is 147 Å². The summed E-state index contributed by atoms with van der Waals surface area (Å²) in [5, 5.41) is 7.48. The number of amides is 1. The highest BCUT2D eigenvalue weighted by molar-refractivity contribution is 5.79. The van der Waals surface area contributed by atoms with Crippen molar-refractivity contribution in [3.8, 4) is 0 Å². The van der Waals surface area contributed by atoms with Crippen LogP contribution in [0.15, 0.2) is 29.2 Å². The molecule has 3 rings (SSSR count). The van der Waals surface area contributed by atoms with Crippen LogP contribution in [-0.2, 0) is 11.5 Å². The maximum atomic E-state index is 12.3. The summed E-state index contributed by atoms with van der Waals surface area (Å²) in [4.78, 5) is 26.9. The summed E-state index contributed by atoms with van der Waals surface area (Å²) in [5.74, 6) is 0.659. The number of pyridine rings is 1. The Balaban J connectivity index is 1.56. The average molecular weight is 345 g/mol. The molecule has 0 aliphatic carbocycles. The predicted octanol–water partition coefficient (Wildman–Crippen LogP) is 1.33. The third-order valence-corrected chi connectivity index (χ3v) is 5.15. The zero-order chi connectivity index (χ0) is 18.0. The first-order valence-electron chi connectivity index (χ1n) is 9.02. The Kier molecular flexibility index (Phi) is 5.22. The van der Waals surface area contributed by atoms with Gasteiger partial charge >= 0.3 is 5.69 Å². The molecule has 2 aromatic rings. The number of carbonyl (C=O) groups excluding carboxylic acids is 1. The summed E-state index contributed by atoms with van der Waals surface area (Å²) in [6.45, 7) is 8.34. The van der Waals surface area contributed by atoms with E-state index >= 15 is 0 Å². The quantitative estimate of drug-likeness (QED) is 0.887.